The molecule has 0 spiro atoms. The standard InChI is InChI=1S/C21H13ClN2O3S2/c22-18-15-4-1-2-5-16(15)29-19(18)21(26)27-14-9-7-13(8-10-14)12-23-24-20(25)17-6-3-11-28-17/h1-12H,(H,24,25)/b23-12+. The fourth-order valence-corrected chi connectivity index (χ4v) is 4.55. The van der Waals surface area contributed by atoms with Crippen molar-refractivity contribution in [2.75, 3.05) is 0 Å². The molecule has 1 amide bonds. The molecule has 2 aromatic carbocycles. The van der Waals surface area contributed by atoms with Gasteiger partial charge in [-0.25, -0.2) is 10.2 Å². The molecular formula is C21H13ClN2O3S2. The zero-order valence-corrected chi connectivity index (χ0v) is 17.2. The Balaban J connectivity index is 1.40. The largest absolute Gasteiger partial charge is 0.422 e. The molecule has 0 atom stereocenters. The van der Waals surface area contributed by atoms with Crippen molar-refractivity contribution in [3.8, 4) is 5.75 Å². The van der Waals surface area contributed by atoms with Gasteiger partial charge in [-0.2, -0.15) is 5.10 Å². The van der Waals surface area contributed by atoms with Crippen LogP contribution in [0.15, 0.2) is 71.1 Å². The highest BCUT2D eigenvalue weighted by atomic mass is 35.5. The molecule has 0 radical (unpaired) electrons. The highest BCUT2D eigenvalue weighted by molar-refractivity contribution is 7.21. The molecule has 4 aromatic rings. The van der Waals surface area contributed by atoms with E-state index in [1.165, 1.54) is 28.9 Å². The predicted molar refractivity (Wildman–Crippen MR) is 118 cm³/mol. The fraction of sp³-hybridized carbons (Fsp3) is 0. The summed E-state index contributed by atoms with van der Waals surface area (Å²) >= 11 is 8.96. The van der Waals surface area contributed by atoms with Crippen LogP contribution in [0, 0.1) is 0 Å². The summed E-state index contributed by atoms with van der Waals surface area (Å²) in [5.41, 5.74) is 3.21. The summed E-state index contributed by atoms with van der Waals surface area (Å²) in [5, 5.41) is 6.99. The van der Waals surface area contributed by atoms with Crippen molar-refractivity contribution in [3.05, 3.63) is 86.4 Å². The van der Waals surface area contributed by atoms with Crippen molar-refractivity contribution in [3.63, 3.8) is 0 Å². The molecular weight excluding hydrogens is 428 g/mol. The van der Waals surface area contributed by atoms with Crippen molar-refractivity contribution < 1.29 is 14.3 Å². The number of amides is 1. The minimum absolute atomic E-state index is 0.262. The number of rotatable bonds is 5. The van der Waals surface area contributed by atoms with Crippen LogP contribution in [0.5, 0.6) is 5.75 Å². The van der Waals surface area contributed by atoms with Crippen molar-refractivity contribution in [1.82, 2.24) is 5.43 Å². The number of carbonyl (C=O) groups is 2. The van der Waals surface area contributed by atoms with Gasteiger partial charge in [-0.1, -0.05) is 35.9 Å². The summed E-state index contributed by atoms with van der Waals surface area (Å²) in [6.45, 7) is 0. The molecule has 0 aliphatic heterocycles. The van der Waals surface area contributed by atoms with E-state index in [1.807, 2.05) is 29.6 Å². The second-order valence-corrected chi connectivity index (χ2v) is 8.25. The molecule has 0 aliphatic rings. The number of hydrogen-bond acceptors (Lipinski definition) is 6. The molecule has 2 heterocycles. The number of hydrazone groups is 1. The van der Waals surface area contributed by atoms with Crippen LogP contribution in [0.2, 0.25) is 5.02 Å². The van der Waals surface area contributed by atoms with Gasteiger partial charge < -0.3 is 4.74 Å². The van der Waals surface area contributed by atoms with E-state index in [0.29, 0.717) is 20.5 Å². The molecule has 144 valence electrons. The second kappa shape index (κ2) is 8.57. The zero-order chi connectivity index (χ0) is 20.2. The summed E-state index contributed by atoms with van der Waals surface area (Å²) in [7, 11) is 0. The Labute approximate surface area is 179 Å². The van der Waals surface area contributed by atoms with E-state index in [9.17, 15) is 9.59 Å². The van der Waals surface area contributed by atoms with Crippen molar-refractivity contribution >= 4 is 62.5 Å². The van der Waals surface area contributed by atoms with Gasteiger partial charge in [0.25, 0.3) is 5.91 Å². The van der Waals surface area contributed by atoms with Crippen LogP contribution >= 0.6 is 34.3 Å². The molecule has 0 fully saturated rings. The van der Waals surface area contributed by atoms with Gasteiger partial charge in [-0.3, -0.25) is 4.79 Å². The van der Waals surface area contributed by atoms with Gasteiger partial charge in [-0.05, 0) is 47.3 Å². The quantitative estimate of drug-likeness (QED) is 0.190. The number of hydrogen-bond donors (Lipinski definition) is 1. The highest BCUT2D eigenvalue weighted by Crippen LogP contribution is 2.35. The molecule has 29 heavy (non-hydrogen) atoms. The zero-order valence-electron chi connectivity index (χ0n) is 14.8. The first-order valence-corrected chi connectivity index (χ1v) is 10.6. The Bertz CT molecular complexity index is 1200. The lowest BCUT2D eigenvalue weighted by Crippen LogP contribution is -2.16. The Kier molecular flexibility index (Phi) is 5.71. The topological polar surface area (TPSA) is 67.8 Å². The maximum Gasteiger partial charge on any atom is 0.355 e. The SMILES string of the molecule is O=C(N/N=C/c1ccc(OC(=O)c2sc3ccccc3c2Cl)cc1)c1cccs1. The fourth-order valence-electron chi connectivity index (χ4n) is 2.55. The molecule has 0 aliphatic carbocycles. The number of nitrogens with zero attached hydrogens (tertiary/aromatic N) is 1. The Morgan fingerprint density at radius 1 is 1.03 bits per heavy atom. The first-order chi connectivity index (χ1) is 14.1. The molecule has 0 saturated heterocycles. The number of halogens is 1. The molecule has 8 heteroatoms. The number of nitrogens with one attached hydrogen (secondary N) is 1. The highest BCUT2D eigenvalue weighted by Gasteiger charge is 2.18. The minimum atomic E-state index is -0.499. The molecule has 5 nitrogen and oxygen atoms in total. The number of fused-ring (bicyclic) bond motifs is 1. The lowest BCUT2D eigenvalue weighted by atomic mass is 10.2. The van der Waals surface area contributed by atoms with E-state index in [-0.39, 0.29) is 5.91 Å². The van der Waals surface area contributed by atoms with Gasteiger partial charge in [0, 0.05) is 10.1 Å². The van der Waals surface area contributed by atoms with E-state index in [0.717, 1.165) is 15.6 Å². The van der Waals surface area contributed by atoms with Crippen LogP contribution in [0.25, 0.3) is 10.1 Å². The number of carbonyl (C=O) groups excluding carboxylic acids is 2. The van der Waals surface area contributed by atoms with Crippen molar-refractivity contribution in [2.24, 2.45) is 5.10 Å². The number of benzene rings is 2. The van der Waals surface area contributed by atoms with Crippen LogP contribution in [0.1, 0.15) is 24.9 Å². The van der Waals surface area contributed by atoms with E-state index >= 15 is 0 Å². The van der Waals surface area contributed by atoms with Gasteiger partial charge in [0.2, 0.25) is 0 Å². The number of ether oxygens (including phenoxy) is 1. The molecule has 4 rings (SSSR count). The first kappa shape index (κ1) is 19.3. The van der Waals surface area contributed by atoms with Crippen LogP contribution < -0.4 is 10.2 Å². The Morgan fingerprint density at radius 3 is 2.55 bits per heavy atom. The van der Waals surface area contributed by atoms with E-state index in [4.69, 9.17) is 16.3 Å². The molecule has 1 N–H and O–H groups in total. The Hall–Kier alpha value is -3.00. The smallest absolute Gasteiger partial charge is 0.355 e. The third-order valence-electron chi connectivity index (χ3n) is 3.94. The average Bonchev–Trinajstić information content (AvgIpc) is 3.38. The molecule has 0 bridgehead atoms. The van der Waals surface area contributed by atoms with Gasteiger partial charge in [0.15, 0.2) is 0 Å². The Morgan fingerprint density at radius 2 is 1.83 bits per heavy atom. The lowest BCUT2D eigenvalue weighted by Gasteiger charge is -2.03. The maximum atomic E-state index is 12.5. The monoisotopic (exact) mass is 440 g/mol. The van der Waals surface area contributed by atoms with Crippen LogP contribution in [-0.2, 0) is 0 Å². The van der Waals surface area contributed by atoms with E-state index < -0.39 is 5.97 Å². The molecule has 0 saturated carbocycles. The normalized spacial score (nSPS) is 11.1. The third kappa shape index (κ3) is 4.37. The maximum absolute atomic E-state index is 12.5. The van der Waals surface area contributed by atoms with Crippen LogP contribution in [0.4, 0.5) is 0 Å². The summed E-state index contributed by atoms with van der Waals surface area (Å²) in [4.78, 5) is 25.3. The van der Waals surface area contributed by atoms with Crippen LogP contribution in [0.3, 0.4) is 0 Å². The third-order valence-corrected chi connectivity index (χ3v) is 6.46. The number of esters is 1. The van der Waals surface area contributed by atoms with Crippen molar-refractivity contribution in [1.29, 1.82) is 0 Å². The summed E-state index contributed by atoms with van der Waals surface area (Å²) < 4.78 is 6.36. The summed E-state index contributed by atoms with van der Waals surface area (Å²) in [5.74, 6) is -0.369. The minimum Gasteiger partial charge on any atom is -0.422 e. The van der Waals surface area contributed by atoms with Gasteiger partial charge in [0.1, 0.15) is 10.6 Å². The van der Waals surface area contributed by atoms with Gasteiger partial charge in [-0.15, -0.1) is 22.7 Å². The van der Waals surface area contributed by atoms with Gasteiger partial charge >= 0.3 is 5.97 Å². The van der Waals surface area contributed by atoms with Gasteiger partial charge in [0.05, 0.1) is 16.1 Å². The van der Waals surface area contributed by atoms with E-state index in [1.54, 1.807) is 36.4 Å². The average molecular weight is 441 g/mol. The second-order valence-electron chi connectivity index (χ2n) is 5.88. The predicted octanol–water partition coefficient (Wildman–Crippen LogP) is 5.60. The lowest BCUT2D eigenvalue weighted by molar-refractivity contribution is 0.0739. The number of thiophene rings is 2. The summed E-state index contributed by atoms with van der Waals surface area (Å²) in [6, 6.07) is 17.8. The molecule has 0 unspecified atom stereocenters. The first-order valence-electron chi connectivity index (χ1n) is 8.48. The van der Waals surface area contributed by atoms with Crippen molar-refractivity contribution in [2.45, 2.75) is 0 Å². The summed E-state index contributed by atoms with van der Waals surface area (Å²) in [6.07, 6.45) is 1.51. The van der Waals surface area contributed by atoms with Crippen LogP contribution in [-0.4, -0.2) is 18.1 Å². The molecule has 2 aromatic heterocycles. The van der Waals surface area contributed by atoms with E-state index in [2.05, 4.69) is 10.5 Å².